The van der Waals surface area contributed by atoms with Gasteiger partial charge in [-0.3, -0.25) is 0 Å². The summed E-state index contributed by atoms with van der Waals surface area (Å²) in [6.45, 7) is 0.599. The van der Waals surface area contributed by atoms with Gasteiger partial charge < -0.3 is 14.8 Å². The summed E-state index contributed by atoms with van der Waals surface area (Å²) in [5.41, 5.74) is 1.00. The fourth-order valence-corrected chi connectivity index (χ4v) is 1.84. The average Bonchev–Trinajstić information content (AvgIpc) is 2.24. The van der Waals surface area contributed by atoms with E-state index in [9.17, 15) is 0 Å². The quantitative estimate of drug-likeness (QED) is 0.836. The van der Waals surface area contributed by atoms with Gasteiger partial charge in [-0.05, 0) is 34.1 Å². The van der Waals surface area contributed by atoms with Crippen molar-refractivity contribution in [3.05, 3.63) is 27.1 Å². The van der Waals surface area contributed by atoms with Crippen LogP contribution < -0.4 is 5.32 Å². The number of hydrogen-bond acceptors (Lipinski definition) is 3. The summed E-state index contributed by atoms with van der Waals surface area (Å²) in [4.78, 5) is 0. The number of hydrogen-bond donors (Lipinski definition) is 1. The van der Waals surface area contributed by atoms with Crippen LogP contribution in [-0.4, -0.2) is 27.1 Å². The zero-order valence-corrected chi connectivity index (χ0v) is 11.8. The van der Waals surface area contributed by atoms with E-state index in [4.69, 9.17) is 9.47 Å². The van der Waals surface area contributed by atoms with E-state index in [1.807, 2.05) is 18.2 Å². The molecule has 1 aromatic carbocycles. The summed E-state index contributed by atoms with van der Waals surface area (Å²) < 4.78 is 12.2. The fourth-order valence-electron chi connectivity index (χ4n) is 1.09. The molecule has 0 bridgehead atoms. The first kappa shape index (κ1) is 13.0. The monoisotopic (exact) mass is 337 g/mol. The Kier molecular flexibility index (Phi) is 5.60. The van der Waals surface area contributed by atoms with Crippen molar-refractivity contribution in [1.29, 1.82) is 0 Å². The molecule has 5 heteroatoms. The van der Waals surface area contributed by atoms with E-state index in [2.05, 4.69) is 37.2 Å². The molecule has 0 aliphatic rings. The van der Waals surface area contributed by atoms with Gasteiger partial charge in [0.2, 0.25) is 0 Å². The molecule has 0 radical (unpaired) electrons. The predicted molar refractivity (Wildman–Crippen MR) is 68.1 cm³/mol. The van der Waals surface area contributed by atoms with Crippen LogP contribution in [-0.2, 0) is 9.47 Å². The van der Waals surface area contributed by atoms with Gasteiger partial charge in [0.25, 0.3) is 0 Å². The highest BCUT2D eigenvalue weighted by atomic mass is 79.9. The van der Waals surface area contributed by atoms with Gasteiger partial charge in [-0.1, -0.05) is 15.9 Å². The van der Waals surface area contributed by atoms with Gasteiger partial charge in [0.05, 0.1) is 6.54 Å². The molecule has 0 saturated carbocycles. The minimum atomic E-state index is -0.240. The summed E-state index contributed by atoms with van der Waals surface area (Å²) in [5.74, 6) is 0. The van der Waals surface area contributed by atoms with Crippen LogP contribution in [0.5, 0.6) is 0 Å². The molecule has 0 amide bonds. The summed E-state index contributed by atoms with van der Waals surface area (Å²) in [5, 5.41) is 3.23. The number of anilines is 1. The molecule has 0 aliphatic carbocycles. The molecule has 3 nitrogen and oxygen atoms in total. The highest BCUT2D eigenvalue weighted by Gasteiger charge is 2.06. The first-order valence-corrected chi connectivity index (χ1v) is 6.00. The van der Waals surface area contributed by atoms with Gasteiger partial charge in [-0.15, -0.1) is 0 Å². The Labute approximate surface area is 106 Å². The van der Waals surface area contributed by atoms with Crippen molar-refractivity contribution in [2.24, 2.45) is 0 Å². The van der Waals surface area contributed by atoms with Crippen molar-refractivity contribution >= 4 is 37.5 Å². The van der Waals surface area contributed by atoms with E-state index < -0.39 is 0 Å². The van der Waals surface area contributed by atoms with E-state index in [-0.39, 0.29) is 6.29 Å². The van der Waals surface area contributed by atoms with Crippen LogP contribution in [0.3, 0.4) is 0 Å². The normalized spacial score (nSPS) is 10.7. The van der Waals surface area contributed by atoms with E-state index in [0.29, 0.717) is 6.54 Å². The topological polar surface area (TPSA) is 30.5 Å². The van der Waals surface area contributed by atoms with Crippen LogP contribution in [0.2, 0.25) is 0 Å². The van der Waals surface area contributed by atoms with Gasteiger partial charge in [-0.25, -0.2) is 0 Å². The molecular formula is C10H13Br2NO2. The Morgan fingerprint density at radius 1 is 1.27 bits per heavy atom. The molecule has 84 valence electrons. The molecule has 0 atom stereocenters. The lowest BCUT2D eigenvalue weighted by Crippen LogP contribution is -2.23. The van der Waals surface area contributed by atoms with E-state index in [0.717, 1.165) is 14.6 Å². The van der Waals surface area contributed by atoms with Crippen molar-refractivity contribution in [3.63, 3.8) is 0 Å². The second-order valence-corrected chi connectivity index (χ2v) is 4.68. The van der Waals surface area contributed by atoms with Gasteiger partial charge in [0, 0.05) is 28.9 Å². The standard InChI is InChI=1S/C10H13Br2NO2/c1-14-10(15-2)6-13-9-5-7(11)3-4-8(9)12/h3-5,10,13H,6H2,1-2H3. The number of ether oxygens (including phenoxy) is 2. The van der Waals surface area contributed by atoms with Crippen molar-refractivity contribution < 1.29 is 9.47 Å². The largest absolute Gasteiger partial charge is 0.379 e. The number of halogens is 2. The highest BCUT2D eigenvalue weighted by Crippen LogP contribution is 2.26. The van der Waals surface area contributed by atoms with Crippen LogP contribution in [0, 0.1) is 0 Å². The zero-order valence-electron chi connectivity index (χ0n) is 8.59. The summed E-state index contributed by atoms with van der Waals surface area (Å²) in [6.07, 6.45) is -0.240. The maximum atomic E-state index is 5.08. The third-order valence-electron chi connectivity index (χ3n) is 1.91. The maximum absolute atomic E-state index is 5.08. The number of rotatable bonds is 5. The number of methoxy groups -OCH3 is 2. The second-order valence-electron chi connectivity index (χ2n) is 2.91. The van der Waals surface area contributed by atoms with E-state index in [1.165, 1.54) is 0 Å². The third kappa shape index (κ3) is 4.10. The summed E-state index contributed by atoms with van der Waals surface area (Å²) in [6, 6.07) is 5.94. The first-order chi connectivity index (χ1) is 7.17. The molecule has 0 aromatic heterocycles. The van der Waals surface area contributed by atoms with Crippen LogP contribution >= 0.6 is 31.9 Å². The lowest BCUT2D eigenvalue weighted by Gasteiger charge is -2.15. The van der Waals surface area contributed by atoms with E-state index in [1.54, 1.807) is 14.2 Å². The molecule has 0 unspecified atom stereocenters. The number of nitrogens with one attached hydrogen (secondary N) is 1. The van der Waals surface area contributed by atoms with Gasteiger partial charge >= 0.3 is 0 Å². The average molecular weight is 339 g/mol. The molecule has 15 heavy (non-hydrogen) atoms. The van der Waals surface area contributed by atoms with Gasteiger partial charge in [-0.2, -0.15) is 0 Å². The lowest BCUT2D eigenvalue weighted by atomic mass is 10.3. The Morgan fingerprint density at radius 3 is 2.53 bits per heavy atom. The van der Waals surface area contributed by atoms with E-state index >= 15 is 0 Å². The Balaban J connectivity index is 2.60. The fraction of sp³-hybridized carbons (Fsp3) is 0.400. The Hall–Kier alpha value is -0.100. The van der Waals surface area contributed by atoms with Crippen molar-refractivity contribution in [1.82, 2.24) is 0 Å². The second kappa shape index (κ2) is 6.48. The van der Waals surface area contributed by atoms with Crippen molar-refractivity contribution in [2.45, 2.75) is 6.29 Å². The molecule has 0 saturated heterocycles. The van der Waals surface area contributed by atoms with Crippen LogP contribution in [0.4, 0.5) is 5.69 Å². The molecule has 0 spiro atoms. The summed E-state index contributed by atoms with van der Waals surface area (Å²) in [7, 11) is 3.23. The highest BCUT2D eigenvalue weighted by molar-refractivity contribution is 9.11. The molecule has 0 heterocycles. The van der Waals surface area contributed by atoms with Crippen molar-refractivity contribution in [2.75, 3.05) is 26.1 Å². The maximum Gasteiger partial charge on any atom is 0.173 e. The molecule has 1 aromatic rings. The Bertz CT molecular complexity index is 316. The molecular weight excluding hydrogens is 326 g/mol. The smallest absolute Gasteiger partial charge is 0.173 e. The summed E-state index contributed by atoms with van der Waals surface area (Å²) >= 11 is 6.87. The minimum Gasteiger partial charge on any atom is -0.379 e. The SMILES string of the molecule is COC(CNc1cc(Br)ccc1Br)OC. The van der Waals surface area contributed by atoms with Crippen molar-refractivity contribution in [3.8, 4) is 0 Å². The van der Waals surface area contributed by atoms with Gasteiger partial charge in [0.1, 0.15) is 0 Å². The first-order valence-electron chi connectivity index (χ1n) is 4.42. The predicted octanol–water partition coefficient (Wildman–Crippen LogP) is 3.24. The third-order valence-corrected chi connectivity index (χ3v) is 3.10. The minimum absolute atomic E-state index is 0.240. The Morgan fingerprint density at radius 2 is 1.93 bits per heavy atom. The number of benzene rings is 1. The molecule has 1 rings (SSSR count). The van der Waals surface area contributed by atoms with Crippen LogP contribution in [0.1, 0.15) is 0 Å². The van der Waals surface area contributed by atoms with Crippen LogP contribution in [0.25, 0.3) is 0 Å². The van der Waals surface area contributed by atoms with Crippen LogP contribution in [0.15, 0.2) is 27.1 Å². The molecule has 0 fully saturated rings. The zero-order chi connectivity index (χ0) is 11.3. The lowest BCUT2D eigenvalue weighted by molar-refractivity contribution is -0.0914. The molecule has 0 aliphatic heterocycles. The molecule has 1 N–H and O–H groups in total. The van der Waals surface area contributed by atoms with Gasteiger partial charge in [0.15, 0.2) is 6.29 Å².